The van der Waals surface area contributed by atoms with Crippen LogP contribution in [0.5, 0.6) is 0 Å². The van der Waals surface area contributed by atoms with E-state index >= 15 is 0 Å². The number of hydrogen-bond donors (Lipinski definition) is 1. The molecule has 1 atom stereocenters. The molecule has 0 saturated heterocycles. The Morgan fingerprint density at radius 2 is 1.47 bits per heavy atom. The average molecular weight is 667 g/mol. The van der Waals surface area contributed by atoms with E-state index in [9.17, 15) is 18.0 Å². The molecule has 1 unspecified atom stereocenters. The predicted octanol–water partition coefficient (Wildman–Crippen LogP) is 7.05. The van der Waals surface area contributed by atoms with Gasteiger partial charge in [-0.25, -0.2) is 8.42 Å². The Hall–Kier alpha value is -3.85. The quantitative estimate of drug-likeness (QED) is 0.146. The maximum Gasteiger partial charge on any atom is 0.264 e. The van der Waals surface area contributed by atoms with Crippen molar-refractivity contribution < 1.29 is 18.0 Å². The number of rotatable bonds is 14. The van der Waals surface area contributed by atoms with Crippen LogP contribution in [0, 0.1) is 6.92 Å². The van der Waals surface area contributed by atoms with Crippen molar-refractivity contribution in [3.05, 3.63) is 130 Å². The van der Waals surface area contributed by atoms with Crippen LogP contribution in [0.3, 0.4) is 0 Å². The Kier molecular flexibility index (Phi) is 12.0. The van der Waals surface area contributed by atoms with Gasteiger partial charge in [0.05, 0.1) is 10.6 Å². The summed E-state index contributed by atoms with van der Waals surface area (Å²) in [6, 6.07) is 28.3. The fraction of sp³-hybridized carbons (Fsp3) is 0.257. The lowest BCUT2D eigenvalue weighted by molar-refractivity contribution is -0.140. The van der Waals surface area contributed by atoms with Gasteiger partial charge in [-0.2, -0.15) is 0 Å². The number of aryl methyl sites for hydroxylation is 1. The van der Waals surface area contributed by atoms with Crippen LogP contribution >= 0.6 is 23.2 Å². The molecular weight excluding hydrogens is 629 g/mol. The number of sulfonamides is 1. The number of amides is 2. The molecule has 45 heavy (non-hydrogen) atoms. The van der Waals surface area contributed by atoms with E-state index in [2.05, 4.69) is 5.32 Å². The summed E-state index contributed by atoms with van der Waals surface area (Å²) in [5.74, 6) is -0.840. The second kappa shape index (κ2) is 15.9. The first-order valence-electron chi connectivity index (χ1n) is 14.8. The molecule has 0 spiro atoms. The average Bonchev–Trinajstić information content (AvgIpc) is 3.03. The van der Waals surface area contributed by atoms with Gasteiger partial charge in [-0.1, -0.05) is 91.1 Å². The minimum atomic E-state index is -4.21. The number of carbonyl (C=O) groups excluding carboxylic acids is 2. The molecule has 0 radical (unpaired) electrons. The maximum atomic E-state index is 14.5. The van der Waals surface area contributed by atoms with Crippen LogP contribution in [0.1, 0.15) is 36.5 Å². The van der Waals surface area contributed by atoms with Crippen LogP contribution in [0.25, 0.3) is 0 Å². The van der Waals surface area contributed by atoms with Gasteiger partial charge >= 0.3 is 0 Å². The highest BCUT2D eigenvalue weighted by molar-refractivity contribution is 7.92. The van der Waals surface area contributed by atoms with Crippen LogP contribution in [-0.2, 0) is 32.6 Å². The van der Waals surface area contributed by atoms with Crippen molar-refractivity contribution in [2.75, 3.05) is 17.4 Å². The fourth-order valence-electron chi connectivity index (χ4n) is 4.89. The summed E-state index contributed by atoms with van der Waals surface area (Å²) in [5, 5.41) is 3.91. The molecule has 4 aromatic rings. The van der Waals surface area contributed by atoms with Crippen LogP contribution in [0.2, 0.25) is 10.0 Å². The number of nitrogens with one attached hydrogen (secondary N) is 1. The van der Waals surface area contributed by atoms with Crippen LogP contribution < -0.4 is 9.62 Å². The lowest BCUT2D eigenvalue weighted by Gasteiger charge is -2.34. The highest BCUT2D eigenvalue weighted by Gasteiger charge is 2.34. The molecule has 7 nitrogen and oxygen atoms in total. The van der Waals surface area contributed by atoms with Crippen molar-refractivity contribution in [2.45, 2.75) is 50.6 Å². The van der Waals surface area contributed by atoms with Crippen LogP contribution in [0.15, 0.2) is 108 Å². The van der Waals surface area contributed by atoms with E-state index in [1.54, 1.807) is 42.5 Å². The highest BCUT2D eigenvalue weighted by atomic mass is 35.5. The maximum absolute atomic E-state index is 14.5. The topological polar surface area (TPSA) is 86.8 Å². The minimum Gasteiger partial charge on any atom is -0.354 e. The van der Waals surface area contributed by atoms with E-state index in [0.29, 0.717) is 22.3 Å². The molecule has 0 aliphatic heterocycles. The second-order valence-electron chi connectivity index (χ2n) is 10.8. The van der Waals surface area contributed by atoms with Gasteiger partial charge in [-0.05, 0) is 78.6 Å². The van der Waals surface area contributed by atoms with Gasteiger partial charge < -0.3 is 10.2 Å². The zero-order valence-corrected chi connectivity index (χ0v) is 27.7. The molecule has 4 rings (SSSR count). The summed E-state index contributed by atoms with van der Waals surface area (Å²) in [5.41, 5.74) is 2.77. The first kappa shape index (κ1) is 34.0. The molecule has 0 bridgehead atoms. The predicted molar refractivity (Wildman–Crippen MR) is 181 cm³/mol. The van der Waals surface area contributed by atoms with E-state index in [1.807, 2.05) is 50.2 Å². The number of anilines is 1. The largest absolute Gasteiger partial charge is 0.354 e. The number of benzene rings is 4. The Morgan fingerprint density at radius 3 is 2.09 bits per heavy atom. The van der Waals surface area contributed by atoms with E-state index in [4.69, 9.17) is 23.2 Å². The van der Waals surface area contributed by atoms with Gasteiger partial charge in [0.25, 0.3) is 10.0 Å². The summed E-state index contributed by atoms with van der Waals surface area (Å²) in [7, 11) is -4.21. The van der Waals surface area contributed by atoms with Gasteiger partial charge in [-0.3, -0.25) is 13.9 Å². The van der Waals surface area contributed by atoms with Crippen molar-refractivity contribution in [2.24, 2.45) is 0 Å². The van der Waals surface area contributed by atoms with E-state index in [0.717, 1.165) is 33.8 Å². The third kappa shape index (κ3) is 9.33. The smallest absolute Gasteiger partial charge is 0.264 e. The van der Waals surface area contributed by atoms with Gasteiger partial charge in [0.1, 0.15) is 12.6 Å². The molecule has 0 aliphatic rings. The lowest BCUT2D eigenvalue weighted by Crippen LogP contribution is -2.53. The van der Waals surface area contributed by atoms with E-state index < -0.39 is 28.5 Å². The van der Waals surface area contributed by atoms with Gasteiger partial charge in [0.2, 0.25) is 11.8 Å². The third-order valence-corrected chi connectivity index (χ3v) is 9.63. The summed E-state index contributed by atoms with van der Waals surface area (Å²) in [6.07, 6.45) is 1.92. The summed E-state index contributed by atoms with van der Waals surface area (Å²) in [6.45, 7) is 3.88. The van der Waals surface area contributed by atoms with Gasteiger partial charge in [0, 0.05) is 29.6 Å². The fourth-order valence-corrected chi connectivity index (χ4v) is 6.55. The molecular formula is C35H37Cl2N3O4S. The number of carbonyl (C=O) groups is 2. The number of unbranched alkanes of at least 4 members (excludes halogenated alkanes) is 1. The number of nitrogens with zero attached hydrogens (tertiary/aromatic N) is 2. The van der Waals surface area contributed by atoms with Crippen LogP contribution in [-0.4, -0.2) is 44.3 Å². The zero-order valence-electron chi connectivity index (χ0n) is 25.3. The van der Waals surface area contributed by atoms with E-state index in [1.165, 1.54) is 29.2 Å². The molecule has 0 heterocycles. The first-order valence-corrected chi connectivity index (χ1v) is 17.0. The molecule has 0 saturated carbocycles. The van der Waals surface area contributed by atoms with Crippen molar-refractivity contribution >= 4 is 50.7 Å². The Bertz CT molecular complexity index is 1680. The van der Waals surface area contributed by atoms with Gasteiger partial charge in [0.15, 0.2) is 0 Å². The number of hydrogen-bond acceptors (Lipinski definition) is 4. The summed E-state index contributed by atoms with van der Waals surface area (Å²) >= 11 is 12.2. The lowest BCUT2D eigenvalue weighted by atomic mass is 10.0. The molecule has 0 fully saturated rings. The summed E-state index contributed by atoms with van der Waals surface area (Å²) in [4.78, 5) is 29.7. The zero-order chi connectivity index (χ0) is 32.4. The molecule has 0 aliphatic carbocycles. The SMILES string of the molecule is CCCCNC(=O)C(Cc1ccccc1)N(Cc1ccc(Cl)cc1)C(=O)CN(c1cccc(C)c1)S(=O)(=O)c1ccc(Cl)cc1. The van der Waals surface area contributed by atoms with Crippen molar-refractivity contribution in [1.82, 2.24) is 10.2 Å². The Balaban J connectivity index is 1.78. The summed E-state index contributed by atoms with van der Waals surface area (Å²) < 4.78 is 29.3. The Labute approximate surface area is 275 Å². The molecule has 2 amide bonds. The Morgan fingerprint density at radius 1 is 0.822 bits per heavy atom. The van der Waals surface area contributed by atoms with Crippen molar-refractivity contribution in [3.8, 4) is 0 Å². The molecule has 4 aromatic carbocycles. The van der Waals surface area contributed by atoms with Crippen molar-refractivity contribution in [1.29, 1.82) is 0 Å². The molecule has 0 aromatic heterocycles. The monoisotopic (exact) mass is 665 g/mol. The van der Waals surface area contributed by atoms with Crippen molar-refractivity contribution in [3.63, 3.8) is 0 Å². The normalized spacial score (nSPS) is 11.9. The van der Waals surface area contributed by atoms with Crippen LogP contribution in [0.4, 0.5) is 5.69 Å². The molecule has 1 N–H and O–H groups in total. The molecule has 10 heteroatoms. The molecule has 236 valence electrons. The second-order valence-corrected chi connectivity index (χ2v) is 13.5. The van der Waals surface area contributed by atoms with E-state index in [-0.39, 0.29) is 23.8 Å². The standard InChI is InChI=1S/C35H37Cl2N3O4S/c1-3-4-21-38-35(42)33(23-27-10-6-5-7-11-27)39(24-28-13-15-29(36)16-14-28)34(41)25-40(31-12-8-9-26(2)22-31)45(43,44)32-19-17-30(37)18-20-32/h5-20,22,33H,3-4,21,23-25H2,1-2H3,(H,38,42). The third-order valence-electron chi connectivity index (χ3n) is 7.34. The highest BCUT2D eigenvalue weighted by Crippen LogP contribution is 2.27. The first-order chi connectivity index (χ1) is 21.6. The minimum absolute atomic E-state index is 0.0106. The number of halogens is 2. The van der Waals surface area contributed by atoms with Gasteiger partial charge in [-0.15, -0.1) is 0 Å².